The van der Waals surface area contributed by atoms with Crippen LogP contribution in [0.1, 0.15) is 6.92 Å². The summed E-state index contributed by atoms with van der Waals surface area (Å²) >= 11 is 3.42. The summed E-state index contributed by atoms with van der Waals surface area (Å²) in [5.41, 5.74) is 0.770. The van der Waals surface area contributed by atoms with E-state index in [1.165, 1.54) is 4.90 Å². The second-order valence-corrected chi connectivity index (χ2v) is 6.53. The van der Waals surface area contributed by atoms with E-state index in [9.17, 15) is 4.79 Å². The molecule has 0 aliphatic rings. The highest BCUT2D eigenvalue weighted by atomic mass is 79.9. The van der Waals surface area contributed by atoms with Crippen molar-refractivity contribution in [1.82, 2.24) is 0 Å². The number of likely N-dealkylation sites (N-methyl/N-ethyl adjacent to an activating group) is 1. The molecule has 6 heteroatoms. The zero-order chi connectivity index (χ0) is 18.1. The van der Waals surface area contributed by atoms with Crippen LogP contribution in [0.25, 0.3) is 0 Å². The number of methoxy groups -OCH3 is 1. The van der Waals surface area contributed by atoms with Gasteiger partial charge in [0.15, 0.2) is 6.54 Å². The predicted molar refractivity (Wildman–Crippen MR) is 102 cm³/mol. The first kappa shape index (κ1) is 19.3. The Labute approximate surface area is 157 Å². The van der Waals surface area contributed by atoms with Gasteiger partial charge in [-0.2, -0.15) is 0 Å². The van der Waals surface area contributed by atoms with Gasteiger partial charge in [0.2, 0.25) is 0 Å². The number of rotatable bonds is 9. The number of quaternary nitrogens is 1. The molecule has 0 saturated heterocycles. The highest BCUT2D eigenvalue weighted by Crippen LogP contribution is 2.17. The van der Waals surface area contributed by atoms with Gasteiger partial charge in [0.25, 0.3) is 5.91 Å². The Bertz CT molecular complexity index is 677. The van der Waals surface area contributed by atoms with Gasteiger partial charge in [-0.15, -0.1) is 0 Å². The van der Waals surface area contributed by atoms with Gasteiger partial charge in [-0.05, 0) is 49.4 Å². The Kier molecular flexibility index (Phi) is 7.76. The topological polar surface area (TPSA) is 52.0 Å². The number of ether oxygens (including phenoxy) is 2. The summed E-state index contributed by atoms with van der Waals surface area (Å²) < 4.78 is 11.8. The Balaban J connectivity index is 1.76. The molecule has 0 fully saturated rings. The van der Waals surface area contributed by atoms with Crippen LogP contribution in [0.15, 0.2) is 53.0 Å². The van der Waals surface area contributed by atoms with Crippen molar-refractivity contribution in [3.05, 3.63) is 53.0 Å². The Morgan fingerprint density at radius 2 is 1.92 bits per heavy atom. The summed E-state index contributed by atoms with van der Waals surface area (Å²) in [6.07, 6.45) is 0. The molecule has 2 rings (SSSR count). The van der Waals surface area contributed by atoms with Crippen LogP contribution in [0.2, 0.25) is 0 Å². The van der Waals surface area contributed by atoms with Crippen molar-refractivity contribution in [2.24, 2.45) is 0 Å². The van der Waals surface area contributed by atoms with Crippen LogP contribution >= 0.6 is 15.9 Å². The van der Waals surface area contributed by atoms with Crippen molar-refractivity contribution in [2.45, 2.75) is 6.92 Å². The van der Waals surface area contributed by atoms with E-state index in [0.29, 0.717) is 13.2 Å². The molecule has 0 radical (unpaired) electrons. The quantitative estimate of drug-likeness (QED) is 0.670. The molecule has 1 atom stereocenters. The number of anilines is 1. The first-order chi connectivity index (χ1) is 12.1. The fraction of sp³-hybridized carbons (Fsp3) is 0.316. The van der Waals surface area contributed by atoms with Crippen molar-refractivity contribution in [1.29, 1.82) is 0 Å². The highest BCUT2D eigenvalue weighted by Gasteiger charge is 2.13. The minimum Gasteiger partial charge on any atom is -0.497 e. The normalized spacial score (nSPS) is 11.6. The van der Waals surface area contributed by atoms with E-state index in [1.807, 2.05) is 48.5 Å². The first-order valence-corrected chi connectivity index (χ1v) is 9.06. The zero-order valence-electron chi connectivity index (χ0n) is 14.5. The summed E-state index contributed by atoms with van der Waals surface area (Å²) in [6.45, 7) is 4.66. The average Bonchev–Trinajstić information content (AvgIpc) is 2.61. The molecule has 1 unspecified atom stereocenters. The molecule has 0 heterocycles. The van der Waals surface area contributed by atoms with Crippen LogP contribution in [0.3, 0.4) is 0 Å². The summed E-state index contributed by atoms with van der Waals surface area (Å²) in [5, 5.41) is 2.91. The standard InChI is InChI=1S/C19H23BrN2O3/c1-3-22(11-12-25-18-6-4-5-15(20)13-18)14-19(23)21-16-7-9-17(24-2)10-8-16/h4-10,13H,3,11-12,14H2,1-2H3,(H,21,23)/p+1. The minimum atomic E-state index is -0.00975. The van der Waals surface area contributed by atoms with Gasteiger partial charge in [-0.1, -0.05) is 22.0 Å². The number of nitrogens with one attached hydrogen (secondary N) is 2. The van der Waals surface area contributed by atoms with E-state index in [1.54, 1.807) is 7.11 Å². The third-order valence-electron chi connectivity index (χ3n) is 3.80. The zero-order valence-corrected chi connectivity index (χ0v) is 16.1. The molecule has 0 saturated carbocycles. The molecule has 0 aromatic heterocycles. The number of hydrogen-bond acceptors (Lipinski definition) is 3. The molecule has 0 aliphatic heterocycles. The smallest absolute Gasteiger partial charge is 0.279 e. The SMILES string of the molecule is CC[NH+](CCOc1cccc(Br)c1)CC(=O)Nc1ccc(OC)cc1. The predicted octanol–water partition coefficient (Wildman–Crippen LogP) is 2.38. The molecule has 1 amide bonds. The molecule has 2 N–H and O–H groups in total. The Morgan fingerprint density at radius 3 is 2.56 bits per heavy atom. The van der Waals surface area contributed by atoms with Crippen molar-refractivity contribution in [2.75, 3.05) is 38.7 Å². The lowest BCUT2D eigenvalue weighted by Gasteiger charge is -2.17. The van der Waals surface area contributed by atoms with Crippen molar-refractivity contribution in [3.63, 3.8) is 0 Å². The summed E-state index contributed by atoms with van der Waals surface area (Å²) in [7, 11) is 1.62. The van der Waals surface area contributed by atoms with Gasteiger partial charge in [-0.3, -0.25) is 4.79 Å². The Morgan fingerprint density at radius 1 is 1.16 bits per heavy atom. The maximum absolute atomic E-state index is 12.2. The fourth-order valence-electron chi connectivity index (χ4n) is 2.37. The number of amides is 1. The second kappa shape index (κ2) is 10.1. The van der Waals surface area contributed by atoms with E-state index in [2.05, 4.69) is 28.2 Å². The van der Waals surface area contributed by atoms with Crippen LogP contribution in [0.5, 0.6) is 11.5 Å². The van der Waals surface area contributed by atoms with E-state index >= 15 is 0 Å². The largest absolute Gasteiger partial charge is 0.497 e. The van der Waals surface area contributed by atoms with Gasteiger partial charge in [-0.25, -0.2) is 0 Å². The third kappa shape index (κ3) is 6.76. The van der Waals surface area contributed by atoms with Gasteiger partial charge in [0.1, 0.15) is 24.7 Å². The number of carbonyl (C=O) groups is 1. The van der Waals surface area contributed by atoms with Crippen LogP contribution < -0.4 is 19.7 Å². The first-order valence-electron chi connectivity index (χ1n) is 8.26. The van der Waals surface area contributed by atoms with Gasteiger partial charge < -0.3 is 19.7 Å². The molecular weight excluding hydrogens is 384 g/mol. The van der Waals surface area contributed by atoms with Crippen molar-refractivity contribution in [3.8, 4) is 11.5 Å². The highest BCUT2D eigenvalue weighted by molar-refractivity contribution is 9.10. The maximum atomic E-state index is 12.2. The number of halogens is 1. The molecule has 5 nitrogen and oxygen atoms in total. The molecule has 2 aromatic rings. The molecule has 0 spiro atoms. The molecule has 134 valence electrons. The van der Waals surface area contributed by atoms with Gasteiger partial charge >= 0.3 is 0 Å². The lowest BCUT2D eigenvalue weighted by molar-refractivity contribution is -0.889. The summed E-state index contributed by atoms with van der Waals surface area (Å²) in [6, 6.07) is 15.1. The van der Waals surface area contributed by atoms with Crippen LogP contribution in [0, 0.1) is 0 Å². The Hall–Kier alpha value is -2.05. The fourth-order valence-corrected chi connectivity index (χ4v) is 2.74. The van der Waals surface area contributed by atoms with E-state index in [0.717, 1.165) is 34.7 Å². The van der Waals surface area contributed by atoms with Crippen LogP contribution in [-0.2, 0) is 4.79 Å². The molecule has 0 aliphatic carbocycles. The summed E-state index contributed by atoms with van der Waals surface area (Å²) in [5.74, 6) is 1.58. The van der Waals surface area contributed by atoms with Crippen molar-refractivity contribution >= 4 is 27.5 Å². The maximum Gasteiger partial charge on any atom is 0.279 e. The number of carbonyl (C=O) groups excluding carboxylic acids is 1. The summed E-state index contributed by atoms with van der Waals surface area (Å²) in [4.78, 5) is 13.4. The average molecular weight is 408 g/mol. The third-order valence-corrected chi connectivity index (χ3v) is 4.30. The molecular formula is C19H24BrN2O3+. The number of benzene rings is 2. The van der Waals surface area contributed by atoms with E-state index < -0.39 is 0 Å². The van der Waals surface area contributed by atoms with Crippen LogP contribution in [-0.4, -0.2) is 39.3 Å². The second-order valence-electron chi connectivity index (χ2n) is 5.61. The van der Waals surface area contributed by atoms with Gasteiger partial charge in [0.05, 0.1) is 13.7 Å². The molecule has 0 bridgehead atoms. The minimum absolute atomic E-state index is 0.00975. The van der Waals surface area contributed by atoms with Crippen molar-refractivity contribution < 1.29 is 19.2 Å². The van der Waals surface area contributed by atoms with Gasteiger partial charge in [0, 0.05) is 10.2 Å². The lowest BCUT2D eigenvalue weighted by Crippen LogP contribution is -3.13. The van der Waals surface area contributed by atoms with E-state index in [-0.39, 0.29) is 5.91 Å². The van der Waals surface area contributed by atoms with Crippen LogP contribution in [0.4, 0.5) is 5.69 Å². The van der Waals surface area contributed by atoms with E-state index in [4.69, 9.17) is 9.47 Å². The molecule has 25 heavy (non-hydrogen) atoms. The number of hydrogen-bond donors (Lipinski definition) is 2. The monoisotopic (exact) mass is 407 g/mol. The molecule has 2 aromatic carbocycles. The lowest BCUT2D eigenvalue weighted by atomic mass is 10.3.